The minimum Gasteiger partial charge on any atom is -0.502 e. The zero-order valence-electron chi connectivity index (χ0n) is 18.1. The molecule has 2 heterocycles. The second-order valence-corrected chi connectivity index (χ2v) is 7.94. The number of phenolic OH excluding ortho intramolecular Hbond substituents is 1. The van der Waals surface area contributed by atoms with Crippen LogP contribution in [0.25, 0.3) is 0 Å². The second-order valence-electron chi connectivity index (χ2n) is 7.94. The Morgan fingerprint density at radius 1 is 1.03 bits per heavy atom. The fourth-order valence-corrected chi connectivity index (χ4v) is 4.75. The number of hydrogen-bond donors (Lipinski definition) is 2. The Labute approximate surface area is 184 Å². The molecule has 2 N–H and O–H groups in total. The molecule has 0 bridgehead atoms. The van der Waals surface area contributed by atoms with Crippen molar-refractivity contribution in [3.63, 3.8) is 0 Å². The van der Waals surface area contributed by atoms with E-state index in [0.29, 0.717) is 11.3 Å². The highest BCUT2D eigenvalue weighted by Gasteiger charge is 2.67. The van der Waals surface area contributed by atoms with E-state index >= 15 is 0 Å². The van der Waals surface area contributed by atoms with Crippen LogP contribution in [-0.2, 0) is 19.1 Å². The molecular weight excluding hydrogens is 416 g/mol. The Morgan fingerprint density at radius 3 is 2.16 bits per heavy atom. The van der Waals surface area contributed by atoms with Gasteiger partial charge in [0.05, 0.1) is 38.9 Å². The number of esters is 1. The van der Waals surface area contributed by atoms with E-state index in [1.807, 2.05) is 0 Å². The van der Waals surface area contributed by atoms with E-state index in [-0.39, 0.29) is 17.2 Å². The number of hydrogen-bond acceptors (Lipinski definition) is 8. The summed E-state index contributed by atoms with van der Waals surface area (Å²) in [6.45, 7) is 1.56. The first kappa shape index (κ1) is 21.6. The molecule has 0 spiro atoms. The molecule has 168 valence electrons. The van der Waals surface area contributed by atoms with E-state index < -0.39 is 41.2 Å². The van der Waals surface area contributed by atoms with Crippen molar-refractivity contribution in [3.05, 3.63) is 48.0 Å². The number of phenols is 1. The molecule has 9 nitrogen and oxygen atoms in total. The molecule has 2 saturated heterocycles. The quantitative estimate of drug-likeness (QED) is 0.534. The van der Waals surface area contributed by atoms with Gasteiger partial charge < -0.3 is 19.3 Å². The van der Waals surface area contributed by atoms with Crippen LogP contribution in [0, 0.1) is 11.8 Å². The molecule has 0 saturated carbocycles. The maximum absolute atomic E-state index is 13.6. The molecule has 0 radical (unpaired) electrons. The predicted molar refractivity (Wildman–Crippen MR) is 113 cm³/mol. The van der Waals surface area contributed by atoms with Gasteiger partial charge in [-0.25, -0.2) is 4.90 Å². The molecule has 2 aromatic carbocycles. The van der Waals surface area contributed by atoms with Crippen molar-refractivity contribution in [2.45, 2.75) is 18.5 Å². The van der Waals surface area contributed by atoms with Crippen molar-refractivity contribution >= 4 is 23.5 Å². The van der Waals surface area contributed by atoms with Crippen LogP contribution in [0.1, 0.15) is 18.5 Å². The zero-order valence-corrected chi connectivity index (χ0v) is 18.1. The van der Waals surface area contributed by atoms with Gasteiger partial charge in [0.1, 0.15) is 5.54 Å². The van der Waals surface area contributed by atoms with E-state index in [4.69, 9.17) is 14.2 Å². The van der Waals surface area contributed by atoms with E-state index in [2.05, 4.69) is 5.32 Å². The van der Waals surface area contributed by atoms with Gasteiger partial charge in [-0.2, -0.15) is 0 Å². The average Bonchev–Trinajstić information content (AvgIpc) is 3.27. The third kappa shape index (κ3) is 3.00. The number of nitrogens with one attached hydrogen (secondary N) is 1. The summed E-state index contributed by atoms with van der Waals surface area (Å²) in [7, 11) is 4.02. The number of methoxy groups -OCH3 is 3. The van der Waals surface area contributed by atoms with Gasteiger partial charge in [-0.3, -0.25) is 19.7 Å². The lowest BCUT2D eigenvalue weighted by molar-refractivity contribution is -0.151. The summed E-state index contributed by atoms with van der Waals surface area (Å²) in [5, 5.41) is 13.4. The molecule has 2 unspecified atom stereocenters. The number of benzene rings is 2. The van der Waals surface area contributed by atoms with Gasteiger partial charge in [0.25, 0.3) is 0 Å². The molecule has 9 heteroatoms. The van der Waals surface area contributed by atoms with Crippen molar-refractivity contribution < 1.29 is 33.7 Å². The predicted octanol–water partition coefficient (Wildman–Crippen LogP) is 1.79. The standard InChI is InChI=1S/C23H24N2O7/c1-23(22(29)32-4)17-16(20(27)25(21(17)28)13-8-6-5-7-9-13)18(24-23)12-10-14(30-2)19(26)15(11-12)31-3/h5-11,16-18,24,26H,1-4H3/t16?,17?,18-,23-/m1/s1. The van der Waals surface area contributed by atoms with Gasteiger partial charge in [-0.1, -0.05) is 18.2 Å². The van der Waals surface area contributed by atoms with E-state index in [1.165, 1.54) is 21.3 Å². The molecule has 32 heavy (non-hydrogen) atoms. The van der Waals surface area contributed by atoms with E-state index in [1.54, 1.807) is 49.4 Å². The summed E-state index contributed by atoms with van der Waals surface area (Å²) in [5.74, 6) is -3.34. The van der Waals surface area contributed by atoms with Crippen LogP contribution >= 0.6 is 0 Å². The summed E-state index contributed by atoms with van der Waals surface area (Å²) in [4.78, 5) is 41.0. The van der Waals surface area contributed by atoms with Crippen molar-refractivity contribution in [2.75, 3.05) is 26.2 Å². The summed E-state index contributed by atoms with van der Waals surface area (Å²) < 4.78 is 15.5. The van der Waals surface area contributed by atoms with Crippen LogP contribution in [0.3, 0.4) is 0 Å². The molecule has 2 fully saturated rings. The molecule has 4 atom stereocenters. The summed E-state index contributed by atoms with van der Waals surface area (Å²) in [6, 6.07) is 11.0. The highest BCUT2D eigenvalue weighted by atomic mass is 16.5. The summed E-state index contributed by atoms with van der Waals surface area (Å²) in [6.07, 6.45) is 0. The second kappa shape index (κ2) is 7.83. The SMILES string of the molecule is COC(=O)[C@]1(C)N[C@H](c2cc(OC)c(O)c(OC)c2)C2C(=O)N(c3ccccc3)C(=O)C21. The zero-order chi connectivity index (χ0) is 23.2. The van der Waals surface area contributed by atoms with E-state index in [9.17, 15) is 19.5 Å². The third-order valence-corrected chi connectivity index (χ3v) is 6.27. The number of fused-ring (bicyclic) bond motifs is 1. The van der Waals surface area contributed by atoms with Crippen molar-refractivity contribution in [1.29, 1.82) is 0 Å². The van der Waals surface area contributed by atoms with Crippen molar-refractivity contribution in [2.24, 2.45) is 11.8 Å². The normalized spacial score (nSPS) is 26.8. The number of nitrogens with zero attached hydrogens (tertiary/aromatic N) is 1. The number of ether oxygens (including phenoxy) is 3. The number of carbonyl (C=O) groups excluding carboxylic acids is 3. The van der Waals surface area contributed by atoms with Gasteiger partial charge in [0.15, 0.2) is 11.5 Å². The molecule has 0 aromatic heterocycles. The molecular formula is C23H24N2O7. The minimum absolute atomic E-state index is 0.140. The van der Waals surface area contributed by atoms with E-state index in [0.717, 1.165) is 4.90 Å². The van der Waals surface area contributed by atoms with Crippen molar-refractivity contribution in [3.8, 4) is 17.2 Å². The lowest BCUT2D eigenvalue weighted by Gasteiger charge is -2.28. The summed E-state index contributed by atoms with van der Waals surface area (Å²) in [5.41, 5.74) is -0.488. The van der Waals surface area contributed by atoms with Crippen LogP contribution in [0.2, 0.25) is 0 Å². The van der Waals surface area contributed by atoms with Gasteiger partial charge in [-0.05, 0) is 36.8 Å². The maximum Gasteiger partial charge on any atom is 0.326 e. The number of amides is 2. The van der Waals surface area contributed by atoms with Crippen LogP contribution in [0.5, 0.6) is 17.2 Å². The van der Waals surface area contributed by atoms with Gasteiger partial charge in [-0.15, -0.1) is 0 Å². The lowest BCUT2D eigenvalue weighted by Crippen LogP contribution is -2.54. The Hall–Kier alpha value is -3.59. The van der Waals surface area contributed by atoms with Gasteiger partial charge >= 0.3 is 5.97 Å². The Balaban J connectivity index is 1.87. The molecule has 2 amide bonds. The van der Waals surface area contributed by atoms with Gasteiger partial charge in [0.2, 0.25) is 17.6 Å². The highest BCUT2D eigenvalue weighted by Crippen LogP contribution is 2.51. The molecule has 2 aliphatic heterocycles. The minimum atomic E-state index is -1.45. The first-order valence-electron chi connectivity index (χ1n) is 10.0. The monoisotopic (exact) mass is 440 g/mol. The smallest absolute Gasteiger partial charge is 0.326 e. The number of rotatable bonds is 5. The maximum atomic E-state index is 13.6. The molecule has 0 aliphatic carbocycles. The average molecular weight is 440 g/mol. The number of anilines is 1. The number of imide groups is 1. The number of para-hydroxylation sites is 1. The summed E-state index contributed by atoms with van der Waals surface area (Å²) >= 11 is 0. The van der Waals surface area contributed by atoms with Gasteiger partial charge in [0, 0.05) is 6.04 Å². The topological polar surface area (TPSA) is 114 Å². The third-order valence-electron chi connectivity index (χ3n) is 6.27. The Kier molecular flexibility index (Phi) is 5.29. The highest BCUT2D eigenvalue weighted by molar-refractivity contribution is 6.24. The fourth-order valence-electron chi connectivity index (χ4n) is 4.75. The largest absolute Gasteiger partial charge is 0.502 e. The Bertz CT molecular complexity index is 1060. The first-order chi connectivity index (χ1) is 15.3. The van der Waals surface area contributed by atoms with Crippen molar-refractivity contribution in [1.82, 2.24) is 5.32 Å². The molecule has 2 aliphatic rings. The molecule has 2 aromatic rings. The van der Waals surface area contributed by atoms with Crippen LogP contribution in [0.15, 0.2) is 42.5 Å². The van der Waals surface area contributed by atoms with Crippen LogP contribution < -0.4 is 19.7 Å². The Morgan fingerprint density at radius 2 is 1.62 bits per heavy atom. The van der Waals surface area contributed by atoms with Crippen LogP contribution in [0.4, 0.5) is 5.69 Å². The first-order valence-corrected chi connectivity index (χ1v) is 10.0. The fraction of sp³-hybridized carbons (Fsp3) is 0.348. The lowest BCUT2D eigenvalue weighted by atomic mass is 9.80. The molecule has 4 rings (SSSR count). The number of aromatic hydroxyl groups is 1. The number of carbonyl (C=O) groups is 3. The van der Waals surface area contributed by atoms with Crippen LogP contribution in [-0.4, -0.2) is 49.8 Å².